The van der Waals surface area contributed by atoms with Gasteiger partial charge in [0.05, 0.1) is 22.0 Å². The van der Waals surface area contributed by atoms with Crippen molar-refractivity contribution < 1.29 is 4.92 Å². The van der Waals surface area contributed by atoms with Crippen LogP contribution in [0.25, 0.3) is 0 Å². The summed E-state index contributed by atoms with van der Waals surface area (Å²) in [5.41, 5.74) is 0.834. The SMILES string of the molecule is CCc1nc(Cn2cc(Cl)c([N+](=O)[O-])n2)cs1. The lowest BCUT2D eigenvalue weighted by atomic mass is 10.4. The van der Waals surface area contributed by atoms with E-state index in [1.54, 1.807) is 11.3 Å². The molecule has 0 atom stereocenters. The molecular formula is C9H9ClN4O2S. The number of thiazole rings is 1. The van der Waals surface area contributed by atoms with E-state index in [9.17, 15) is 10.1 Å². The van der Waals surface area contributed by atoms with Crippen LogP contribution in [0, 0.1) is 10.1 Å². The summed E-state index contributed by atoms with van der Waals surface area (Å²) in [6.45, 7) is 2.42. The Bertz CT molecular complexity index is 551. The lowest BCUT2D eigenvalue weighted by Crippen LogP contribution is -2.01. The third-order valence-electron chi connectivity index (χ3n) is 2.10. The van der Waals surface area contributed by atoms with Crippen LogP contribution in [0.15, 0.2) is 11.6 Å². The van der Waals surface area contributed by atoms with E-state index in [1.807, 2.05) is 12.3 Å². The third-order valence-corrected chi connectivity index (χ3v) is 3.41. The molecule has 0 aliphatic heterocycles. The molecule has 0 aromatic carbocycles. The fourth-order valence-corrected chi connectivity index (χ4v) is 2.30. The van der Waals surface area contributed by atoms with Crippen LogP contribution in [-0.2, 0) is 13.0 Å². The third kappa shape index (κ3) is 2.62. The number of nitrogens with zero attached hydrogens (tertiary/aromatic N) is 4. The summed E-state index contributed by atoms with van der Waals surface area (Å²) < 4.78 is 1.43. The van der Waals surface area contributed by atoms with Crippen molar-refractivity contribution in [3.63, 3.8) is 0 Å². The zero-order valence-corrected chi connectivity index (χ0v) is 10.5. The normalized spacial score (nSPS) is 10.7. The Morgan fingerprint density at radius 1 is 1.65 bits per heavy atom. The topological polar surface area (TPSA) is 73.8 Å². The maximum atomic E-state index is 10.6. The minimum atomic E-state index is -0.600. The molecule has 0 spiro atoms. The van der Waals surface area contributed by atoms with Gasteiger partial charge in [0.1, 0.15) is 6.54 Å². The Balaban J connectivity index is 2.18. The molecule has 0 N–H and O–H groups in total. The molecule has 0 fully saturated rings. The van der Waals surface area contributed by atoms with Gasteiger partial charge in [-0.15, -0.1) is 11.3 Å². The van der Waals surface area contributed by atoms with Gasteiger partial charge in [-0.25, -0.2) is 4.98 Å². The summed E-state index contributed by atoms with van der Waals surface area (Å²) in [7, 11) is 0. The molecule has 0 amide bonds. The molecular weight excluding hydrogens is 264 g/mol. The summed E-state index contributed by atoms with van der Waals surface area (Å²) in [4.78, 5) is 14.3. The first-order valence-electron chi connectivity index (χ1n) is 4.90. The average molecular weight is 273 g/mol. The standard InChI is InChI=1S/C9H9ClN4O2S/c1-2-8-11-6(5-17-8)3-13-4-7(10)9(12-13)14(15)16/h4-5H,2-3H2,1H3. The summed E-state index contributed by atoms with van der Waals surface area (Å²) in [6, 6.07) is 0. The van der Waals surface area contributed by atoms with Gasteiger partial charge in [0.15, 0.2) is 5.02 Å². The van der Waals surface area contributed by atoms with Crippen LogP contribution in [0.1, 0.15) is 17.6 Å². The molecule has 8 heteroatoms. The van der Waals surface area contributed by atoms with Crippen LogP contribution in [0.2, 0.25) is 5.02 Å². The van der Waals surface area contributed by atoms with Gasteiger partial charge in [-0.3, -0.25) is 0 Å². The van der Waals surface area contributed by atoms with E-state index in [0.29, 0.717) is 6.54 Å². The zero-order chi connectivity index (χ0) is 12.4. The van der Waals surface area contributed by atoms with Gasteiger partial charge in [-0.05, 0) is 11.3 Å². The number of hydrogen-bond donors (Lipinski definition) is 0. The highest BCUT2D eigenvalue weighted by Crippen LogP contribution is 2.22. The van der Waals surface area contributed by atoms with E-state index in [-0.39, 0.29) is 10.8 Å². The predicted molar refractivity (Wildman–Crippen MR) is 64.5 cm³/mol. The van der Waals surface area contributed by atoms with Crippen LogP contribution >= 0.6 is 22.9 Å². The lowest BCUT2D eigenvalue weighted by molar-refractivity contribution is -0.389. The number of hydrogen-bond acceptors (Lipinski definition) is 5. The van der Waals surface area contributed by atoms with Gasteiger partial charge >= 0.3 is 5.82 Å². The molecule has 17 heavy (non-hydrogen) atoms. The highest BCUT2D eigenvalue weighted by molar-refractivity contribution is 7.09. The van der Waals surface area contributed by atoms with Crippen LogP contribution < -0.4 is 0 Å². The summed E-state index contributed by atoms with van der Waals surface area (Å²) in [5, 5.41) is 17.4. The number of nitro groups is 1. The second-order valence-corrected chi connectivity index (χ2v) is 4.69. The second-order valence-electron chi connectivity index (χ2n) is 3.34. The summed E-state index contributed by atoms with van der Waals surface area (Å²) >= 11 is 7.26. The molecule has 90 valence electrons. The molecule has 2 rings (SSSR count). The number of halogens is 1. The molecule has 0 aliphatic carbocycles. The first-order chi connectivity index (χ1) is 8.10. The van der Waals surface area contributed by atoms with Gasteiger partial charge in [0.25, 0.3) is 0 Å². The molecule has 0 aliphatic rings. The van der Waals surface area contributed by atoms with E-state index in [4.69, 9.17) is 11.6 Å². The Morgan fingerprint density at radius 2 is 2.41 bits per heavy atom. The number of rotatable bonds is 4. The predicted octanol–water partition coefficient (Wildman–Crippen LogP) is 2.51. The van der Waals surface area contributed by atoms with E-state index in [1.165, 1.54) is 10.9 Å². The monoisotopic (exact) mass is 272 g/mol. The Kier molecular flexibility index (Phi) is 3.39. The van der Waals surface area contributed by atoms with E-state index in [2.05, 4.69) is 10.1 Å². The molecule has 2 heterocycles. The van der Waals surface area contributed by atoms with E-state index >= 15 is 0 Å². The van der Waals surface area contributed by atoms with Crippen molar-refractivity contribution >= 4 is 28.8 Å². The van der Waals surface area contributed by atoms with Crippen LogP contribution in [0.5, 0.6) is 0 Å². The Hall–Kier alpha value is -1.47. The van der Waals surface area contributed by atoms with Crippen molar-refractivity contribution in [3.8, 4) is 0 Å². The first-order valence-corrected chi connectivity index (χ1v) is 6.16. The second kappa shape index (κ2) is 4.80. The van der Waals surface area contributed by atoms with Crippen LogP contribution in [-0.4, -0.2) is 19.7 Å². The van der Waals surface area contributed by atoms with Crippen molar-refractivity contribution in [1.82, 2.24) is 14.8 Å². The first kappa shape index (κ1) is 12.0. The zero-order valence-electron chi connectivity index (χ0n) is 8.96. The summed E-state index contributed by atoms with van der Waals surface area (Å²) in [6.07, 6.45) is 2.31. The minimum Gasteiger partial charge on any atom is -0.358 e. The Morgan fingerprint density at radius 3 is 2.94 bits per heavy atom. The molecule has 6 nitrogen and oxygen atoms in total. The fourth-order valence-electron chi connectivity index (χ4n) is 1.34. The van der Waals surface area contributed by atoms with Gasteiger partial charge in [0, 0.05) is 5.38 Å². The quantitative estimate of drug-likeness (QED) is 0.633. The molecule has 0 bridgehead atoms. The molecule has 2 aromatic rings. The van der Waals surface area contributed by atoms with Gasteiger partial charge in [-0.2, -0.15) is 4.68 Å². The highest BCUT2D eigenvalue weighted by Gasteiger charge is 2.19. The van der Waals surface area contributed by atoms with E-state index in [0.717, 1.165) is 17.1 Å². The lowest BCUT2D eigenvalue weighted by Gasteiger charge is -1.91. The largest absolute Gasteiger partial charge is 0.408 e. The smallest absolute Gasteiger partial charge is 0.358 e. The molecule has 0 saturated carbocycles. The van der Waals surface area contributed by atoms with Crippen LogP contribution in [0.3, 0.4) is 0 Å². The number of aryl methyl sites for hydroxylation is 1. The van der Waals surface area contributed by atoms with Crippen molar-refractivity contribution in [1.29, 1.82) is 0 Å². The minimum absolute atomic E-state index is 0.0425. The van der Waals surface area contributed by atoms with Gasteiger partial charge in [0.2, 0.25) is 0 Å². The number of aromatic nitrogens is 3. The van der Waals surface area contributed by atoms with Crippen LogP contribution in [0.4, 0.5) is 5.82 Å². The summed E-state index contributed by atoms with van der Waals surface area (Å²) in [5.74, 6) is -0.322. The Labute approximate surface area is 106 Å². The van der Waals surface area contributed by atoms with Gasteiger partial charge < -0.3 is 10.1 Å². The highest BCUT2D eigenvalue weighted by atomic mass is 35.5. The fraction of sp³-hybridized carbons (Fsp3) is 0.333. The van der Waals surface area contributed by atoms with Crippen molar-refractivity contribution in [2.75, 3.05) is 0 Å². The molecule has 2 aromatic heterocycles. The van der Waals surface area contributed by atoms with Crippen molar-refractivity contribution in [2.24, 2.45) is 0 Å². The van der Waals surface area contributed by atoms with Crippen molar-refractivity contribution in [2.45, 2.75) is 19.9 Å². The van der Waals surface area contributed by atoms with E-state index < -0.39 is 4.92 Å². The maximum Gasteiger partial charge on any atom is 0.408 e. The van der Waals surface area contributed by atoms with Crippen molar-refractivity contribution in [3.05, 3.63) is 37.4 Å². The molecule has 0 saturated heterocycles. The molecule has 0 radical (unpaired) electrons. The maximum absolute atomic E-state index is 10.6. The van der Waals surface area contributed by atoms with Gasteiger partial charge in [-0.1, -0.05) is 18.5 Å². The molecule has 0 unspecified atom stereocenters. The average Bonchev–Trinajstić information content (AvgIpc) is 2.85.